The van der Waals surface area contributed by atoms with Gasteiger partial charge in [-0.05, 0) is 25.8 Å². The van der Waals surface area contributed by atoms with Crippen LogP contribution in [0.1, 0.15) is 26.7 Å². The van der Waals surface area contributed by atoms with Crippen molar-refractivity contribution >= 4 is 11.7 Å². The number of nitrogens with zero attached hydrogens (tertiary/aromatic N) is 4. The van der Waals surface area contributed by atoms with Crippen LogP contribution in [0.3, 0.4) is 0 Å². The number of hydrogen-bond acceptors (Lipinski definition) is 3. The Kier molecular flexibility index (Phi) is 1.98. The van der Waals surface area contributed by atoms with E-state index in [9.17, 15) is 9.59 Å². The fourth-order valence-corrected chi connectivity index (χ4v) is 2.41. The van der Waals surface area contributed by atoms with Crippen LogP contribution in [0.25, 0.3) is 10.4 Å². The quantitative estimate of drug-likeness (QED) is 0.279. The van der Waals surface area contributed by atoms with Crippen molar-refractivity contribution in [2.75, 3.05) is 0 Å². The van der Waals surface area contributed by atoms with Crippen molar-refractivity contribution in [3.63, 3.8) is 0 Å². The molecule has 0 N–H and O–H groups in total. The summed E-state index contributed by atoms with van der Waals surface area (Å²) in [6.45, 7) is 3.48. The second-order valence-corrected chi connectivity index (χ2v) is 4.45. The van der Waals surface area contributed by atoms with E-state index in [0.717, 1.165) is 0 Å². The van der Waals surface area contributed by atoms with Crippen molar-refractivity contribution < 1.29 is 9.59 Å². The highest BCUT2D eigenvalue weighted by Gasteiger charge is 2.57. The number of carbonyl (C=O) groups excluding carboxylic acids is 2. The van der Waals surface area contributed by atoms with Gasteiger partial charge in [-0.1, -0.05) is 5.11 Å². The Balaban J connectivity index is 2.28. The van der Waals surface area contributed by atoms with Crippen molar-refractivity contribution in [1.82, 2.24) is 4.90 Å². The molecule has 6 heteroatoms. The monoisotopic (exact) mass is 208 g/mol. The third-order valence-corrected chi connectivity index (χ3v) is 3.31. The van der Waals surface area contributed by atoms with Gasteiger partial charge in [0.05, 0.1) is 11.6 Å². The predicted octanol–water partition coefficient (Wildman–Crippen LogP) is 1.02. The van der Waals surface area contributed by atoms with E-state index >= 15 is 0 Å². The minimum atomic E-state index is -0.735. The predicted molar refractivity (Wildman–Crippen MR) is 51.9 cm³/mol. The Labute approximate surface area is 86.9 Å². The first kappa shape index (κ1) is 9.98. The molecule has 2 heterocycles. The van der Waals surface area contributed by atoms with Gasteiger partial charge in [-0.15, -0.1) is 0 Å². The highest BCUT2D eigenvalue weighted by atomic mass is 16.2. The summed E-state index contributed by atoms with van der Waals surface area (Å²) in [5, 5.41) is 3.46. The largest absolute Gasteiger partial charge is 0.326 e. The summed E-state index contributed by atoms with van der Waals surface area (Å²) in [5.74, 6) is -0.151. The maximum absolute atomic E-state index is 11.7. The summed E-state index contributed by atoms with van der Waals surface area (Å²) in [6, 6.07) is -0.677. The summed E-state index contributed by atoms with van der Waals surface area (Å²) in [6.07, 6.45) is 1.07. The molecule has 6 nitrogen and oxygen atoms in total. The topological polar surface area (TPSA) is 86.1 Å². The number of piperidine rings is 1. The van der Waals surface area contributed by atoms with Crippen LogP contribution in [0.4, 0.5) is 0 Å². The van der Waals surface area contributed by atoms with E-state index in [2.05, 4.69) is 10.0 Å². The van der Waals surface area contributed by atoms with Crippen LogP contribution in [0.15, 0.2) is 5.11 Å². The summed E-state index contributed by atoms with van der Waals surface area (Å²) >= 11 is 0. The molecule has 2 aliphatic rings. The van der Waals surface area contributed by atoms with Gasteiger partial charge in [0.15, 0.2) is 5.78 Å². The van der Waals surface area contributed by atoms with E-state index in [-0.39, 0.29) is 17.7 Å². The van der Waals surface area contributed by atoms with Gasteiger partial charge in [-0.3, -0.25) is 9.59 Å². The van der Waals surface area contributed by atoms with Gasteiger partial charge in [0.25, 0.3) is 0 Å². The SMILES string of the molecule is CC1(C)C(=O)CCC2C(N=[N+]=[N-])C(=O)N21. The van der Waals surface area contributed by atoms with E-state index in [4.69, 9.17) is 5.53 Å². The van der Waals surface area contributed by atoms with Crippen molar-refractivity contribution in [2.24, 2.45) is 5.11 Å². The van der Waals surface area contributed by atoms with Gasteiger partial charge in [0.1, 0.15) is 6.04 Å². The van der Waals surface area contributed by atoms with Gasteiger partial charge in [0.2, 0.25) is 5.91 Å². The number of rotatable bonds is 1. The Morgan fingerprint density at radius 1 is 1.53 bits per heavy atom. The first-order valence-corrected chi connectivity index (χ1v) is 4.91. The Hall–Kier alpha value is -1.55. The molecule has 0 aromatic heterocycles. The molecule has 2 saturated heterocycles. The van der Waals surface area contributed by atoms with E-state index in [0.29, 0.717) is 12.8 Å². The molecule has 0 radical (unpaired) electrons. The first-order valence-electron chi connectivity index (χ1n) is 4.91. The lowest BCUT2D eigenvalue weighted by Gasteiger charge is -2.55. The molecule has 0 bridgehead atoms. The molecule has 1 amide bonds. The van der Waals surface area contributed by atoms with Gasteiger partial charge in [0, 0.05) is 11.3 Å². The Bertz CT molecular complexity index is 384. The summed E-state index contributed by atoms with van der Waals surface area (Å²) in [4.78, 5) is 27.5. The highest BCUT2D eigenvalue weighted by molar-refractivity contribution is 5.99. The van der Waals surface area contributed by atoms with Gasteiger partial charge in [-0.2, -0.15) is 0 Å². The van der Waals surface area contributed by atoms with Crippen LogP contribution in [0.2, 0.25) is 0 Å². The van der Waals surface area contributed by atoms with Gasteiger partial charge < -0.3 is 4.90 Å². The summed E-state index contributed by atoms with van der Waals surface area (Å²) in [7, 11) is 0. The number of azide groups is 1. The lowest BCUT2D eigenvalue weighted by Crippen LogP contribution is -2.74. The minimum Gasteiger partial charge on any atom is -0.326 e. The molecule has 2 aliphatic heterocycles. The molecular formula is C9H12N4O2. The second-order valence-electron chi connectivity index (χ2n) is 4.45. The van der Waals surface area contributed by atoms with Gasteiger partial charge >= 0.3 is 0 Å². The molecule has 0 spiro atoms. The van der Waals surface area contributed by atoms with E-state index < -0.39 is 11.6 Å². The molecule has 2 unspecified atom stereocenters. The van der Waals surface area contributed by atoms with Crippen molar-refractivity contribution in [3.05, 3.63) is 10.4 Å². The number of fused-ring (bicyclic) bond motifs is 1. The normalized spacial score (nSPS) is 32.8. The van der Waals surface area contributed by atoms with E-state index in [1.165, 1.54) is 0 Å². The lowest BCUT2D eigenvalue weighted by molar-refractivity contribution is -0.169. The smallest absolute Gasteiger partial charge is 0.234 e. The summed E-state index contributed by atoms with van der Waals surface area (Å²) in [5.41, 5.74) is 7.58. The first-order chi connectivity index (χ1) is 7.00. The van der Waals surface area contributed by atoms with Crippen LogP contribution in [0.5, 0.6) is 0 Å². The van der Waals surface area contributed by atoms with E-state index in [1.54, 1.807) is 18.7 Å². The zero-order chi connectivity index (χ0) is 11.2. The Morgan fingerprint density at radius 2 is 2.20 bits per heavy atom. The molecule has 80 valence electrons. The van der Waals surface area contributed by atoms with Crippen LogP contribution < -0.4 is 0 Å². The van der Waals surface area contributed by atoms with Crippen LogP contribution in [0, 0.1) is 0 Å². The lowest BCUT2D eigenvalue weighted by atomic mass is 9.76. The average molecular weight is 208 g/mol. The number of Topliss-reactive ketones (excluding diaryl/α,β-unsaturated/α-hetero) is 1. The maximum Gasteiger partial charge on any atom is 0.234 e. The fraction of sp³-hybridized carbons (Fsp3) is 0.778. The van der Waals surface area contributed by atoms with Crippen LogP contribution in [-0.2, 0) is 9.59 Å². The molecule has 0 aromatic rings. The number of hydrogen-bond donors (Lipinski definition) is 0. The number of carbonyl (C=O) groups is 2. The molecule has 15 heavy (non-hydrogen) atoms. The van der Waals surface area contributed by atoms with Crippen LogP contribution >= 0.6 is 0 Å². The zero-order valence-corrected chi connectivity index (χ0v) is 8.67. The Morgan fingerprint density at radius 3 is 2.80 bits per heavy atom. The molecule has 2 atom stereocenters. The molecule has 2 rings (SSSR count). The molecular weight excluding hydrogens is 196 g/mol. The van der Waals surface area contributed by atoms with E-state index in [1.807, 2.05) is 0 Å². The highest BCUT2D eigenvalue weighted by Crippen LogP contribution is 2.39. The molecule has 0 aliphatic carbocycles. The number of ketones is 1. The standard InChI is InChI=1S/C9H12N4O2/c1-9(2)6(14)4-3-5-7(11-12-10)8(15)13(5)9/h5,7H,3-4H2,1-2H3. The molecule has 2 fully saturated rings. The zero-order valence-electron chi connectivity index (χ0n) is 8.67. The second kappa shape index (κ2) is 2.97. The number of amides is 1. The molecule has 0 aromatic carbocycles. The van der Waals surface area contributed by atoms with Crippen molar-refractivity contribution in [2.45, 2.75) is 44.3 Å². The fourth-order valence-electron chi connectivity index (χ4n) is 2.41. The van der Waals surface area contributed by atoms with Crippen molar-refractivity contribution in [3.8, 4) is 0 Å². The maximum atomic E-state index is 11.7. The van der Waals surface area contributed by atoms with Crippen LogP contribution in [-0.4, -0.2) is 34.2 Å². The number of β-lactam (4-membered cyclic amide) rings is 1. The summed E-state index contributed by atoms with van der Waals surface area (Å²) < 4.78 is 0. The minimum absolute atomic E-state index is 0.0755. The van der Waals surface area contributed by atoms with Crippen molar-refractivity contribution in [1.29, 1.82) is 0 Å². The molecule has 0 saturated carbocycles. The third kappa shape index (κ3) is 1.15. The van der Waals surface area contributed by atoms with Gasteiger partial charge in [-0.25, -0.2) is 0 Å². The average Bonchev–Trinajstić information content (AvgIpc) is 2.17. The third-order valence-electron chi connectivity index (χ3n) is 3.31.